The Morgan fingerprint density at radius 2 is 1.80 bits per heavy atom. The summed E-state index contributed by atoms with van der Waals surface area (Å²) in [6, 6.07) is 13.3. The minimum absolute atomic E-state index is 0. The number of halogens is 2. The highest BCUT2D eigenvalue weighted by molar-refractivity contribution is 6.31. The zero-order valence-corrected chi connectivity index (χ0v) is 20.4. The summed E-state index contributed by atoms with van der Waals surface area (Å²) in [5.74, 6) is -0.0388. The van der Waals surface area contributed by atoms with E-state index in [9.17, 15) is 9.59 Å². The number of carbonyl (C=O) groups is 2. The van der Waals surface area contributed by atoms with Crippen molar-refractivity contribution in [3.05, 3.63) is 88.2 Å². The number of nitrogen functional groups attached to an aromatic ring is 1. The highest BCUT2D eigenvalue weighted by Gasteiger charge is 2.13. The van der Waals surface area contributed by atoms with Crippen molar-refractivity contribution in [1.29, 1.82) is 5.41 Å². The normalized spacial score (nSPS) is 10.0. The van der Waals surface area contributed by atoms with Gasteiger partial charge >= 0.3 is 0 Å². The van der Waals surface area contributed by atoms with Crippen molar-refractivity contribution in [1.82, 2.24) is 15.6 Å². The molecule has 3 aromatic rings. The molecule has 0 saturated carbocycles. The van der Waals surface area contributed by atoms with Gasteiger partial charge in [0.1, 0.15) is 23.9 Å². The van der Waals surface area contributed by atoms with Crippen LogP contribution in [0.25, 0.3) is 0 Å². The molecule has 2 aromatic carbocycles. The van der Waals surface area contributed by atoms with Crippen molar-refractivity contribution in [2.45, 2.75) is 13.2 Å². The minimum atomic E-state index is -0.371. The highest BCUT2D eigenvalue weighted by atomic mass is 35.5. The summed E-state index contributed by atoms with van der Waals surface area (Å²) in [6.45, 7) is 0.198. The fraction of sp³-hybridized carbons (Fsp3) is 0.167. The molecule has 184 valence electrons. The van der Waals surface area contributed by atoms with E-state index in [1.165, 1.54) is 13.1 Å². The minimum Gasteiger partial charge on any atom is -0.489 e. The first kappa shape index (κ1) is 27.4. The Morgan fingerprint density at radius 3 is 2.49 bits per heavy atom. The van der Waals surface area contributed by atoms with E-state index >= 15 is 0 Å². The Morgan fingerprint density at radius 1 is 1.06 bits per heavy atom. The largest absolute Gasteiger partial charge is 0.489 e. The number of hydrogen-bond acceptors (Lipinski definition) is 6. The van der Waals surface area contributed by atoms with Crippen molar-refractivity contribution in [2.75, 3.05) is 13.7 Å². The molecule has 0 radical (unpaired) electrons. The third-order valence-electron chi connectivity index (χ3n) is 4.74. The van der Waals surface area contributed by atoms with Gasteiger partial charge in [-0.2, -0.15) is 0 Å². The number of ether oxygens (including phenoxy) is 2. The zero-order valence-electron chi connectivity index (χ0n) is 18.8. The fourth-order valence-corrected chi connectivity index (χ4v) is 3.14. The lowest BCUT2D eigenvalue weighted by Crippen LogP contribution is -2.26. The lowest BCUT2D eigenvalue weighted by molar-refractivity contribution is -0.122. The van der Waals surface area contributed by atoms with E-state index in [2.05, 4.69) is 15.6 Å². The van der Waals surface area contributed by atoms with E-state index in [0.29, 0.717) is 39.8 Å². The van der Waals surface area contributed by atoms with Crippen LogP contribution in [0.3, 0.4) is 0 Å². The maximum Gasteiger partial charge on any atom is 0.257 e. The molecule has 11 heteroatoms. The lowest BCUT2D eigenvalue weighted by Gasteiger charge is -2.14. The molecule has 3 rings (SSSR count). The number of rotatable bonds is 10. The van der Waals surface area contributed by atoms with Gasteiger partial charge in [-0.1, -0.05) is 23.7 Å². The van der Waals surface area contributed by atoms with E-state index in [1.54, 1.807) is 42.7 Å². The maximum absolute atomic E-state index is 12.8. The average Bonchev–Trinajstić information content (AvgIpc) is 2.84. The van der Waals surface area contributed by atoms with E-state index in [0.717, 1.165) is 5.56 Å². The molecule has 5 N–H and O–H groups in total. The first-order valence-corrected chi connectivity index (χ1v) is 10.6. The second kappa shape index (κ2) is 13.2. The lowest BCUT2D eigenvalue weighted by atomic mass is 10.1. The number of pyridine rings is 1. The molecular weight excluding hydrogens is 493 g/mol. The molecule has 35 heavy (non-hydrogen) atoms. The standard InChI is InChI=1S/C24H24ClN5O4.ClH/c1-28-22(31)14-34-21-10-16(23(26)27)2-3-17(21)12-30-24(32)18-8-19(25)11-20(9-18)33-13-15-4-6-29-7-5-15;/h2-11H,12-14H2,1H3,(H3,26,27)(H,28,31)(H,30,32);1H. The summed E-state index contributed by atoms with van der Waals surface area (Å²) in [5.41, 5.74) is 7.86. The third-order valence-corrected chi connectivity index (χ3v) is 4.96. The fourth-order valence-electron chi connectivity index (χ4n) is 2.92. The number of benzene rings is 2. The number of carbonyl (C=O) groups excluding carboxylic acids is 2. The molecule has 0 aliphatic heterocycles. The van der Waals surface area contributed by atoms with Crippen LogP contribution < -0.4 is 25.8 Å². The first-order chi connectivity index (χ1) is 16.4. The summed E-state index contributed by atoms with van der Waals surface area (Å²) in [7, 11) is 1.50. The predicted molar refractivity (Wildman–Crippen MR) is 135 cm³/mol. The highest BCUT2D eigenvalue weighted by Crippen LogP contribution is 2.23. The molecule has 0 bridgehead atoms. The molecular formula is C24H25Cl2N5O4. The smallest absolute Gasteiger partial charge is 0.257 e. The number of nitrogens with zero attached hydrogens (tertiary/aromatic N) is 1. The van der Waals surface area contributed by atoms with Crippen LogP contribution in [0, 0.1) is 5.41 Å². The Kier molecular flexibility index (Phi) is 10.3. The molecule has 1 aromatic heterocycles. The van der Waals surface area contributed by atoms with Gasteiger partial charge in [-0.05, 0) is 42.0 Å². The van der Waals surface area contributed by atoms with E-state index in [4.69, 9.17) is 32.2 Å². The summed E-state index contributed by atoms with van der Waals surface area (Å²) < 4.78 is 11.3. The van der Waals surface area contributed by atoms with Gasteiger partial charge < -0.3 is 25.8 Å². The van der Waals surface area contributed by atoms with Crippen LogP contribution in [-0.2, 0) is 17.9 Å². The predicted octanol–water partition coefficient (Wildman–Crippen LogP) is 3.07. The van der Waals surface area contributed by atoms with Crippen LogP contribution in [0.5, 0.6) is 11.5 Å². The first-order valence-electron chi connectivity index (χ1n) is 10.3. The van der Waals surface area contributed by atoms with Crippen molar-refractivity contribution >= 4 is 41.7 Å². The van der Waals surface area contributed by atoms with Crippen LogP contribution in [-0.4, -0.2) is 36.3 Å². The van der Waals surface area contributed by atoms with Gasteiger partial charge in [-0.3, -0.25) is 20.0 Å². The second-order valence-electron chi connectivity index (χ2n) is 7.20. The zero-order chi connectivity index (χ0) is 24.5. The van der Waals surface area contributed by atoms with Gasteiger partial charge in [0.15, 0.2) is 6.61 Å². The van der Waals surface area contributed by atoms with Gasteiger partial charge in [-0.15, -0.1) is 12.4 Å². The Hall–Kier alpha value is -3.82. The van der Waals surface area contributed by atoms with E-state index in [1.807, 2.05) is 12.1 Å². The molecule has 1 heterocycles. The Balaban J connectivity index is 0.00000432. The number of amides is 2. The third kappa shape index (κ3) is 8.16. The number of aromatic nitrogens is 1. The SMILES string of the molecule is CNC(=O)COc1cc(C(=N)N)ccc1CNC(=O)c1cc(Cl)cc(OCc2ccncc2)c1.Cl. The molecule has 0 atom stereocenters. The molecule has 0 spiro atoms. The van der Waals surface area contributed by atoms with Crippen LogP contribution in [0.4, 0.5) is 0 Å². The average molecular weight is 518 g/mol. The van der Waals surface area contributed by atoms with E-state index < -0.39 is 0 Å². The maximum atomic E-state index is 12.8. The Labute approximate surface area is 213 Å². The van der Waals surface area contributed by atoms with Crippen molar-refractivity contribution in [3.63, 3.8) is 0 Å². The van der Waals surface area contributed by atoms with Gasteiger partial charge in [0.05, 0.1) is 0 Å². The quantitative estimate of drug-likeness (QED) is 0.240. The van der Waals surface area contributed by atoms with Crippen LogP contribution >= 0.6 is 24.0 Å². The molecule has 2 amide bonds. The van der Waals surface area contributed by atoms with E-state index in [-0.39, 0.29) is 43.2 Å². The molecule has 9 nitrogen and oxygen atoms in total. The number of hydrogen-bond donors (Lipinski definition) is 4. The van der Waals surface area contributed by atoms with Gasteiger partial charge in [0.25, 0.3) is 11.8 Å². The summed E-state index contributed by atoms with van der Waals surface area (Å²) in [6.07, 6.45) is 3.34. The molecule has 0 fully saturated rings. The molecule has 0 aliphatic rings. The van der Waals surface area contributed by atoms with Crippen LogP contribution in [0.15, 0.2) is 60.9 Å². The van der Waals surface area contributed by atoms with Crippen molar-refractivity contribution in [3.8, 4) is 11.5 Å². The summed E-state index contributed by atoms with van der Waals surface area (Å²) in [4.78, 5) is 28.3. The van der Waals surface area contributed by atoms with Crippen molar-refractivity contribution in [2.24, 2.45) is 5.73 Å². The summed E-state index contributed by atoms with van der Waals surface area (Å²) in [5, 5.41) is 13.2. The van der Waals surface area contributed by atoms with Gasteiger partial charge in [0, 0.05) is 47.7 Å². The van der Waals surface area contributed by atoms with Crippen LogP contribution in [0.2, 0.25) is 5.02 Å². The molecule has 0 unspecified atom stereocenters. The van der Waals surface area contributed by atoms with Crippen LogP contribution in [0.1, 0.15) is 27.0 Å². The Bertz CT molecular complexity index is 1190. The monoisotopic (exact) mass is 517 g/mol. The molecule has 0 saturated heterocycles. The summed E-state index contributed by atoms with van der Waals surface area (Å²) >= 11 is 6.19. The van der Waals surface area contributed by atoms with Gasteiger partial charge in [0.2, 0.25) is 0 Å². The topological polar surface area (TPSA) is 139 Å². The number of nitrogens with two attached hydrogens (primary N) is 1. The number of amidine groups is 1. The van der Waals surface area contributed by atoms with Crippen molar-refractivity contribution < 1.29 is 19.1 Å². The number of likely N-dealkylation sites (N-methyl/N-ethyl adjacent to an activating group) is 1. The number of nitrogens with one attached hydrogen (secondary N) is 3. The molecule has 0 aliphatic carbocycles. The second-order valence-corrected chi connectivity index (χ2v) is 7.64. The van der Waals surface area contributed by atoms with Gasteiger partial charge in [-0.25, -0.2) is 0 Å².